The van der Waals surface area contributed by atoms with Crippen molar-refractivity contribution in [1.82, 2.24) is 0 Å². The van der Waals surface area contributed by atoms with Gasteiger partial charge in [0.2, 0.25) is 0 Å². The number of hydrogen-bond acceptors (Lipinski definition) is 3. The summed E-state index contributed by atoms with van der Waals surface area (Å²) in [6.07, 6.45) is 6.47. The molecule has 3 heteroatoms. The van der Waals surface area contributed by atoms with E-state index in [0.29, 0.717) is 6.42 Å². The molecule has 2 aliphatic carbocycles. The number of methoxy groups -OCH3 is 1. The van der Waals surface area contributed by atoms with Crippen molar-refractivity contribution in [2.45, 2.75) is 45.6 Å². The van der Waals surface area contributed by atoms with Crippen LogP contribution in [0.25, 0.3) is 0 Å². The van der Waals surface area contributed by atoms with Crippen LogP contribution in [-0.2, 0) is 9.53 Å². The summed E-state index contributed by atoms with van der Waals surface area (Å²) in [5.41, 5.74) is 1.36. The number of ketones is 1. The second-order valence-electron chi connectivity index (χ2n) is 6.08. The summed E-state index contributed by atoms with van der Waals surface area (Å²) >= 11 is 0. The smallest absolute Gasteiger partial charge is 0.165 e. The Morgan fingerprint density at radius 3 is 2.58 bits per heavy atom. The summed E-state index contributed by atoms with van der Waals surface area (Å²) in [6, 6.07) is 0. The van der Waals surface area contributed by atoms with Crippen molar-refractivity contribution < 1.29 is 14.6 Å². The molecule has 0 radical (unpaired) electrons. The van der Waals surface area contributed by atoms with Gasteiger partial charge in [-0.15, -0.1) is 0 Å². The molecule has 2 fully saturated rings. The molecule has 19 heavy (non-hydrogen) atoms. The van der Waals surface area contributed by atoms with Gasteiger partial charge in [-0.1, -0.05) is 23.3 Å². The Bertz CT molecular complexity index is 445. The van der Waals surface area contributed by atoms with Crippen molar-refractivity contribution >= 4 is 5.78 Å². The summed E-state index contributed by atoms with van der Waals surface area (Å²) in [7, 11) is 1.59. The molecule has 2 rings (SSSR count). The Kier molecular flexibility index (Phi) is 3.72. The molecule has 0 saturated heterocycles. The van der Waals surface area contributed by atoms with Gasteiger partial charge in [-0.3, -0.25) is 4.79 Å². The minimum Gasteiger partial charge on any atom is -0.396 e. The molecule has 0 aromatic heterocycles. The number of fused-ring (bicyclic) bond motifs is 1. The van der Waals surface area contributed by atoms with E-state index in [4.69, 9.17) is 4.74 Å². The molecular formula is C16H24O3. The van der Waals surface area contributed by atoms with Gasteiger partial charge < -0.3 is 9.84 Å². The minimum absolute atomic E-state index is 0.0328. The Morgan fingerprint density at radius 1 is 1.42 bits per heavy atom. The first-order valence-electron chi connectivity index (χ1n) is 6.95. The third-order valence-corrected chi connectivity index (χ3v) is 4.85. The molecule has 3 atom stereocenters. The number of ether oxygens (including phenoxy) is 1. The zero-order valence-corrected chi connectivity index (χ0v) is 12.3. The average Bonchev–Trinajstić information content (AvgIpc) is 2.89. The third kappa shape index (κ3) is 1.83. The van der Waals surface area contributed by atoms with Gasteiger partial charge >= 0.3 is 0 Å². The average molecular weight is 264 g/mol. The lowest BCUT2D eigenvalue weighted by Crippen LogP contribution is -2.28. The van der Waals surface area contributed by atoms with Crippen LogP contribution >= 0.6 is 0 Å². The van der Waals surface area contributed by atoms with Gasteiger partial charge in [-0.05, 0) is 33.6 Å². The van der Waals surface area contributed by atoms with E-state index in [9.17, 15) is 9.90 Å². The van der Waals surface area contributed by atoms with Gasteiger partial charge in [0, 0.05) is 24.9 Å². The Morgan fingerprint density at radius 2 is 2.11 bits per heavy atom. The van der Waals surface area contributed by atoms with E-state index in [0.717, 1.165) is 12.8 Å². The molecule has 0 unspecified atom stereocenters. The van der Waals surface area contributed by atoms with Crippen LogP contribution in [0, 0.1) is 11.3 Å². The van der Waals surface area contributed by atoms with Gasteiger partial charge in [0.25, 0.3) is 0 Å². The summed E-state index contributed by atoms with van der Waals surface area (Å²) in [6.45, 7) is 6.23. The molecule has 0 aliphatic heterocycles. The van der Waals surface area contributed by atoms with Crippen LogP contribution in [0.15, 0.2) is 23.3 Å². The fourth-order valence-electron chi connectivity index (χ4n) is 3.93. The minimum atomic E-state index is -0.743. The van der Waals surface area contributed by atoms with Crippen LogP contribution in [0.2, 0.25) is 0 Å². The molecule has 3 nitrogen and oxygen atoms in total. The van der Waals surface area contributed by atoms with Crippen LogP contribution < -0.4 is 0 Å². The fourth-order valence-corrected chi connectivity index (χ4v) is 3.93. The highest BCUT2D eigenvalue weighted by Crippen LogP contribution is 2.73. The number of rotatable bonds is 5. The first-order valence-corrected chi connectivity index (χ1v) is 6.95. The Labute approximate surface area is 115 Å². The van der Waals surface area contributed by atoms with E-state index in [1.54, 1.807) is 7.11 Å². The maximum Gasteiger partial charge on any atom is 0.165 e. The monoisotopic (exact) mass is 264 g/mol. The number of aliphatic hydroxyl groups is 1. The van der Waals surface area contributed by atoms with Crippen LogP contribution in [0.1, 0.15) is 40.0 Å². The van der Waals surface area contributed by atoms with E-state index in [2.05, 4.69) is 26.0 Å². The second-order valence-corrected chi connectivity index (χ2v) is 6.08. The molecule has 0 heterocycles. The lowest BCUT2D eigenvalue weighted by molar-refractivity contribution is -0.131. The van der Waals surface area contributed by atoms with Gasteiger partial charge in [0.05, 0.1) is 6.61 Å². The molecule has 1 N–H and O–H groups in total. The van der Waals surface area contributed by atoms with Crippen molar-refractivity contribution in [2.75, 3.05) is 13.7 Å². The van der Waals surface area contributed by atoms with Gasteiger partial charge in [0.15, 0.2) is 5.78 Å². The van der Waals surface area contributed by atoms with Crippen molar-refractivity contribution in [2.24, 2.45) is 11.3 Å². The molecule has 106 valence electrons. The maximum atomic E-state index is 12.2. The fraction of sp³-hybridized carbons (Fsp3) is 0.688. The normalized spacial score (nSPS) is 37.2. The van der Waals surface area contributed by atoms with Crippen molar-refractivity contribution in [1.29, 1.82) is 0 Å². The predicted octanol–water partition coefficient (Wildman–Crippen LogP) is 2.65. The van der Waals surface area contributed by atoms with Gasteiger partial charge in [-0.2, -0.15) is 0 Å². The van der Waals surface area contributed by atoms with E-state index in [1.807, 2.05) is 6.92 Å². The molecule has 2 saturated carbocycles. The topological polar surface area (TPSA) is 46.5 Å². The molecule has 2 aliphatic rings. The van der Waals surface area contributed by atoms with E-state index < -0.39 is 5.60 Å². The van der Waals surface area contributed by atoms with Gasteiger partial charge in [0.1, 0.15) is 5.60 Å². The zero-order chi connectivity index (χ0) is 14.3. The molecule has 0 aromatic carbocycles. The summed E-state index contributed by atoms with van der Waals surface area (Å²) < 4.78 is 5.57. The Hall–Kier alpha value is -0.930. The lowest BCUT2D eigenvalue weighted by Gasteiger charge is -2.12. The number of carbonyl (C=O) groups excluding carboxylic acids is 1. The van der Waals surface area contributed by atoms with Gasteiger partial charge in [-0.25, -0.2) is 0 Å². The van der Waals surface area contributed by atoms with Crippen LogP contribution in [-0.4, -0.2) is 30.2 Å². The van der Waals surface area contributed by atoms with Crippen LogP contribution in [0.4, 0.5) is 0 Å². The SMILES string of the molecule is CO[C@]12C(=O)CC[C@@]1(CO)[C@H]2/C(C)=C/CC=C(C)C. The molecule has 0 bridgehead atoms. The number of allylic oxidation sites excluding steroid dienone is 3. The number of Topliss-reactive ketones (excluding diaryl/α,β-unsaturated/α-hetero) is 1. The Balaban J connectivity index is 2.22. The summed E-state index contributed by atoms with van der Waals surface area (Å²) in [5.74, 6) is 0.214. The highest BCUT2D eigenvalue weighted by atomic mass is 16.5. The van der Waals surface area contributed by atoms with E-state index in [1.165, 1.54) is 11.1 Å². The molecule has 0 amide bonds. The highest BCUT2D eigenvalue weighted by Gasteiger charge is 2.83. The molecule has 0 aromatic rings. The largest absolute Gasteiger partial charge is 0.396 e. The zero-order valence-electron chi connectivity index (χ0n) is 12.3. The second kappa shape index (κ2) is 4.88. The number of aliphatic hydroxyl groups excluding tert-OH is 1. The predicted molar refractivity (Wildman–Crippen MR) is 74.8 cm³/mol. The quantitative estimate of drug-likeness (QED) is 0.776. The molecular weight excluding hydrogens is 240 g/mol. The van der Waals surface area contributed by atoms with E-state index in [-0.39, 0.29) is 23.7 Å². The number of hydrogen-bond donors (Lipinski definition) is 1. The summed E-state index contributed by atoms with van der Waals surface area (Å²) in [4.78, 5) is 12.2. The maximum absolute atomic E-state index is 12.2. The van der Waals surface area contributed by atoms with Crippen molar-refractivity contribution in [3.8, 4) is 0 Å². The van der Waals surface area contributed by atoms with E-state index >= 15 is 0 Å². The highest BCUT2D eigenvalue weighted by molar-refractivity contribution is 5.97. The van der Waals surface area contributed by atoms with Crippen molar-refractivity contribution in [3.63, 3.8) is 0 Å². The van der Waals surface area contributed by atoms with Crippen molar-refractivity contribution in [3.05, 3.63) is 23.3 Å². The van der Waals surface area contributed by atoms with Crippen LogP contribution in [0.3, 0.4) is 0 Å². The standard InChI is InChI=1S/C16H24O3/c1-11(2)6-5-7-12(3)14-15(10-17)9-8-13(18)16(14,15)19-4/h6-7,14,17H,5,8-10H2,1-4H3/b12-7+/t14-,15-,16+/m1/s1. The number of carbonyl (C=O) groups is 1. The first-order chi connectivity index (χ1) is 8.96. The third-order valence-electron chi connectivity index (χ3n) is 4.85. The first kappa shape index (κ1) is 14.5. The summed E-state index contributed by atoms with van der Waals surface area (Å²) in [5, 5.41) is 9.74. The van der Waals surface area contributed by atoms with Crippen LogP contribution in [0.5, 0.6) is 0 Å². The molecule has 0 spiro atoms. The lowest BCUT2D eigenvalue weighted by atomic mass is 9.95.